The molecule has 0 saturated carbocycles. The molecule has 1 fully saturated rings. The van der Waals surface area contributed by atoms with E-state index in [1.165, 1.54) is 12.1 Å². The average Bonchev–Trinajstić information content (AvgIpc) is 3.03. The lowest BCUT2D eigenvalue weighted by Crippen LogP contribution is -2.36. The molecular formula is C21H23FN2O2. The zero-order valence-corrected chi connectivity index (χ0v) is 15.3. The first-order valence-electron chi connectivity index (χ1n) is 8.76. The van der Waals surface area contributed by atoms with Gasteiger partial charge in [-0.2, -0.15) is 0 Å². The Balaban J connectivity index is 1.70. The molecule has 0 bridgehead atoms. The fourth-order valence-corrected chi connectivity index (χ4v) is 3.29. The van der Waals surface area contributed by atoms with E-state index in [-0.39, 0.29) is 36.0 Å². The molecule has 0 N–H and O–H groups in total. The summed E-state index contributed by atoms with van der Waals surface area (Å²) >= 11 is 0. The summed E-state index contributed by atoms with van der Waals surface area (Å²) in [5.41, 5.74) is 2.81. The predicted molar refractivity (Wildman–Crippen MR) is 99.2 cm³/mol. The van der Waals surface area contributed by atoms with Gasteiger partial charge in [-0.15, -0.1) is 0 Å². The zero-order valence-electron chi connectivity index (χ0n) is 15.3. The molecule has 0 aromatic heterocycles. The number of aryl methyl sites for hydroxylation is 1. The highest BCUT2D eigenvalue weighted by Crippen LogP contribution is 2.28. The van der Waals surface area contributed by atoms with Crippen LogP contribution in [0.4, 0.5) is 10.1 Å². The topological polar surface area (TPSA) is 40.6 Å². The third kappa shape index (κ3) is 3.62. The molecule has 0 spiro atoms. The van der Waals surface area contributed by atoms with Crippen LogP contribution >= 0.6 is 0 Å². The summed E-state index contributed by atoms with van der Waals surface area (Å²) in [4.78, 5) is 28.6. The molecule has 26 heavy (non-hydrogen) atoms. The lowest BCUT2D eigenvalue weighted by Gasteiger charge is -2.28. The Morgan fingerprint density at radius 2 is 1.77 bits per heavy atom. The number of rotatable bonds is 4. The molecule has 1 saturated heterocycles. The van der Waals surface area contributed by atoms with E-state index in [1.807, 2.05) is 38.1 Å². The van der Waals surface area contributed by atoms with Crippen molar-refractivity contribution in [2.24, 2.45) is 5.92 Å². The molecule has 0 radical (unpaired) electrons. The van der Waals surface area contributed by atoms with Crippen molar-refractivity contribution in [2.75, 3.05) is 18.5 Å². The number of benzene rings is 2. The Morgan fingerprint density at radius 1 is 1.15 bits per heavy atom. The normalized spacial score (nSPS) is 18.1. The molecule has 2 unspecified atom stereocenters. The Hall–Kier alpha value is -2.69. The fourth-order valence-electron chi connectivity index (χ4n) is 3.29. The molecule has 5 heteroatoms. The second-order valence-corrected chi connectivity index (χ2v) is 6.92. The summed E-state index contributed by atoms with van der Waals surface area (Å²) < 4.78 is 13.1. The Bertz CT molecular complexity index is 802. The molecule has 1 heterocycles. The first-order valence-corrected chi connectivity index (χ1v) is 8.76. The standard InChI is InChI=1S/C21H23FN2O2/c1-14-4-10-19(11-5-14)24-13-17(12-20(24)25)21(26)23(3)15(2)16-6-8-18(22)9-7-16/h4-11,15,17H,12-13H2,1-3H3. The van der Waals surface area contributed by atoms with Gasteiger partial charge in [-0.3, -0.25) is 9.59 Å². The summed E-state index contributed by atoms with van der Waals surface area (Å²) in [5.74, 6) is -0.762. The largest absolute Gasteiger partial charge is 0.339 e. The van der Waals surface area contributed by atoms with Gasteiger partial charge in [-0.05, 0) is 43.7 Å². The minimum Gasteiger partial charge on any atom is -0.339 e. The Morgan fingerprint density at radius 3 is 2.38 bits per heavy atom. The van der Waals surface area contributed by atoms with Gasteiger partial charge in [-0.25, -0.2) is 4.39 Å². The SMILES string of the molecule is Cc1ccc(N2CC(C(=O)N(C)C(C)c3ccc(F)cc3)CC2=O)cc1. The van der Waals surface area contributed by atoms with Gasteiger partial charge in [0.2, 0.25) is 11.8 Å². The van der Waals surface area contributed by atoms with Gasteiger partial charge >= 0.3 is 0 Å². The van der Waals surface area contributed by atoms with E-state index in [4.69, 9.17) is 0 Å². The van der Waals surface area contributed by atoms with Crippen molar-refractivity contribution in [3.8, 4) is 0 Å². The number of hydrogen-bond donors (Lipinski definition) is 0. The number of nitrogens with zero attached hydrogens (tertiary/aromatic N) is 2. The predicted octanol–water partition coefficient (Wildman–Crippen LogP) is 3.71. The van der Waals surface area contributed by atoms with Crippen molar-refractivity contribution >= 4 is 17.5 Å². The average molecular weight is 354 g/mol. The van der Waals surface area contributed by atoms with Crippen molar-refractivity contribution in [1.82, 2.24) is 4.90 Å². The van der Waals surface area contributed by atoms with Crippen LogP contribution in [-0.2, 0) is 9.59 Å². The van der Waals surface area contributed by atoms with Crippen LogP contribution in [-0.4, -0.2) is 30.3 Å². The van der Waals surface area contributed by atoms with E-state index in [0.29, 0.717) is 6.54 Å². The zero-order chi connectivity index (χ0) is 18.8. The van der Waals surface area contributed by atoms with E-state index in [2.05, 4.69) is 0 Å². The number of hydrogen-bond acceptors (Lipinski definition) is 2. The second-order valence-electron chi connectivity index (χ2n) is 6.92. The molecule has 1 aliphatic heterocycles. The highest BCUT2D eigenvalue weighted by molar-refractivity contribution is 6.00. The molecule has 2 atom stereocenters. The van der Waals surface area contributed by atoms with Crippen LogP contribution in [0.3, 0.4) is 0 Å². The first-order chi connectivity index (χ1) is 12.4. The molecule has 136 valence electrons. The van der Waals surface area contributed by atoms with E-state index in [9.17, 15) is 14.0 Å². The van der Waals surface area contributed by atoms with Gasteiger partial charge < -0.3 is 9.80 Å². The number of halogens is 1. The molecule has 1 aliphatic rings. The van der Waals surface area contributed by atoms with Gasteiger partial charge in [-0.1, -0.05) is 29.8 Å². The molecule has 2 aromatic carbocycles. The Labute approximate surface area is 153 Å². The number of anilines is 1. The van der Waals surface area contributed by atoms with Crippen molar-refractivity contribution < 1.29 is 14.0 Å². The van der Waals surface area contributed by atoms with Gasteiger partial charge in [0.05, 0.1) is 12.0 Å². The van der Waals surface area contributed by atoms with Crippen LogP contribution in [0.15, 0.2) is 48.5 Å². The molecule has 0 aliphatic carbocycles. The maximum absolute atomic E-state index is 13.1. The van der Waals surface area contributed by atoms with Gasteiger partial charge in [0.25, 0.3) is 0 Å². The van der Waals surface area contributed by atoms with Crippen LogP contribution in [0.1, 0.15) is 30.5 Å². The van der Waals surface area contributed by atoms with E-state index >= 15 is 0 Å². The summed E-state index contributed by atoms with van der Waals surface area (Å²) in [7, 11) is 1.73. The van der Waals surface area contributed by atoms with E-state index < -0.39 is 0 Å². The van der Waals surface area contributed by atoms with E-state index in [1.54, 1.807) is 29.0 Å². The van der Waals surface area contributed by atoms with Crippen molar-refractivity contribution in [3.63, 3.8) is 0 Å². The minimum absolute atomic E-state index is 0.0324. The quantitative estimate of drug-likeness (QED) is 0.840. The van der Waals surface area contributed by atoms with Crippen LogP contribution in [0.25, 0.3) is 0 Å². The third-order valence-corrected chi connectivity index (χ3v) is 5.10. The second kappa shape index (κ2) is 7.28. The van der Waals surface area contributed by atoms with Crippen molar-refractivity contribution in [1.29, 1.82) is 0 Å². The maximum atomic E-state index is 13.1. The minimum atomic E-state index is -0.364. The molecular weight excluding hydrogens is 331 g/mol. The molecule has 2 aromatic rings. The smallest absolute Gasteiger partial charge is 0.228 e. The monoisotopic (exact) mass is 354 g/mol. The van der Waals surface area contributed by atoms with E-state index in [0.717, 1.165) is 16.8 Å². The summed E-state index contributed by atoms with van der Waals surface area (Å²) in [6, 6.07) is 13.7. The summed E-state index contributed by atoms with van der Waals surface area (Å²) in [6.45, 7) is 4.29. The van der Waals surface area contributed by atoms with Gasteiger partial charge in [0.15, 0.2) is 0 Å². The summed E-state index contributed by atoms with van der Waals surface area (Å²) in [6.07, 6.45) is 0.215. The van der Waals surface area contributed by atoms with Gasteiger partial charge in [0, 0.05) is 25.7 Å². The fraction of sp³-hybridized carbons (Fsp3) is 0.333. The molecule has 3 rings (SSSR count). The van der Waals surface area contributed by atoms with Gasteiger partial charge in [0.1, 0.15) is 5.82 Å². The van der Waals surface area contributed by atoms with Crippen molar-refractivity contribution in [3.05, 3.63) is 65.5 Å². The third-order valence-electron chi connectivity index (χ3n) is 5.10. The number of amides is 2. The highest BCUT2D eigenvalue weighted by Gasteiger charge is 2.37. The maximum Gasteiger partial charge on any atom is 0.228 e. The molecule has 4 nitrogen and oxygen atoms in total. The number of carbonyl (C=O) groups excluding carboxylic acids is 2. The highest BCUT2D eigenvalue weighted by atomic mass is 19.1. The molecule has 2 amide bonds. The van der Waals surface area contributed by atoms with Crippen LogP contribution in [0.5, 0.6) is 0 Å². The van der Waals surface area contributed by atoms with Crippen LogP contribution < -0.4 is 4.90 Å². The lowest BCUT2D eigenvalue weighted by molar-refractivity contribution is -0.136. The van der Waals surface area contributed by atoms with Crippen LogP contribution in [0, 0.1) is 18.7 Å². The lowest BCUT2D eigenvalue weighted by atomic mass is 10.0. The summed E-state index contributed by atoms with van der Waals surface area (Å²) in [5, 5.41) is 0. The first kappa shape index (κ1) is 18.1. The number of carbonyl (C=O) groups is 2. The Kier molecular flexibility index (Phi) is 5.07. The van der Waals surface area contributed by atoms with Crippen molar-refractivity contribution in [2.45, 2.75) is 26.3 Å². The van der Waals surface area contributed by atoms with Crippen LogP contribution in [0.2, 0.25) is 0 Å².